The molecule has 1 aliphatic rings. The number of aliphatic carboxylic acids is 1. The molecule has 3 aromatic rings. The molecule has 7 nitrogen and oxygen atoms in total. The fraction of sp³-hybridized carbons (Fsp3) is 0.375. The summed E-state index contributed by atoms with van der Waals surface area (Å²) in [6.45, 7) is 4.19. The third kappa shape index (κ3) is 4.91. The van der Waals surface area contributed by atoms with Crippen molar-refractivity contribution in [3.05, 3.63) is 70.8 Å². The van der Waals surface area contributed by atoms with Crippen LogP contribution in [0, 0.1) is 29.8 Å². The minimum Gasteiger partial charge on any atom is -0.481 e. The Morgan fingerprint density at radius 1 is 1.24 bits per heavy atom. The normalized spacial score (nSPS) is 20.9. The van der Waals surface area contributed by atoms with Crippen LogP contribution in [0.15, 0.2) is 36.4 Å². The van der Waals surface area contributed by atoms with Gasteiger partial charge in [-0.1, -0.05) is 12.1 Å². The molecule has 0 saturated carbocycles. The maximum Gasteiger partial charge on any atom is 0.310 e. The van der Waals surface area contributed by atoms with Crippen LogP contribution in [-0.2, 0) is 17.8 Å². The van der Waals surface area contributed by atoms with Gasteiger partial charge in [0.2, 0.25) is 0 Å². The van der Waals surface area contributed by atoms with Crippen LogP contribution in [0.2, 0.25) is 0 Å². The number of carboxylic acid groups (broad SMARTS) is 1. The minimum atomic E-state index is -1.23. The van der Waals surface area contributed by atoms with Gasteiger partial charge in [0.1, 0.15) is 11.6 Å². The number of rotatable bonds is 7. The maximum absolute atomic E-state index is 14.7. The van der Waals surface area contributed by atoms with Gasteiger partial charge in [0.15, 0.2) is 17.5 Å². The van der Waals surface area contributed by atoms with Gasteiger partial charge in [-0.3, -0.25) is 14.8 Å². The highest BCUT2D eigenvalue weighted by Crippen LogP contribution is 2.39. The quantitative estimate of drug-likeness (QED) is 0.465. The first-order valence-electron chi connectivity index (χ1n) is 11.0. The van der Waals surface area contributed by atoms with Crippen molar-refractivity contribution in [2.45, 2.75) is 45.7 Å². The van der Waals surface area contributed by atoms with Crippen LogP contribution in [-0.4, -0.2) is 43.7 Å². The van der Waals surface area contributed by atoms with Crippen LogP contribution in [0.25, 0.3) is 0 Å². The third-order valence-corrected chi connectivity index (χ3v) is 6.43. The number of carboxylic acids is 1. The largest absolute Gasteiger partial charge is 0.481 e. The van der Waals surface area contributed by atoms with Gasteiger partial charge in [0.05, 0.1) is 11.1 Å². The molecule has 0 amide bonds. The van der Waals surface area contributed by atoms with E-state index < -0.39 is 28.8 Å². The van der Waals surface area contributed by atoms with E-state index in [-0.39, 0.29) is 43.1 Å². The Morgan fingerprint density at radius 2 is 2.03 bits per heavy atom. The summed E-state index contributed by atoms with van der Waals surface area (Å²) < 4.78 is 42.4. The summed E-state index contributed by atoms with van der Waals surface area (Å²) in [5.41, 5.74) is -0.119. The van der Waals surface area contributed by atoms with Crippen molar-refractivity contribution in [3.63, 3.8) is 0 Å². The summed E-state index contributed by atoms with van der Waals surface area (Å²) >= 11 is 0. The molecule has 10 heteroatoms. The highest BCUT2D eigenvalue weighted by Gasteiger charge is 2.45. The van der Waals surface area contributed by atoms with Crippen LogP contribution in [0.3, 0.4) is 0 Å². The average molecular weight is 473 g/mol. The Bertz CT molecular complexity index is 1200. The van der Waals surface area contributed by atoms with Crippen LogP contribution in [0.1, 0.15) is 36.7 Å². The van der Waals surface area contributed by atoms with E-state index in [1.807, 2.05) is 18.7 Å². The molecule has 0 aliphatic carbocycles. The molecular formula is C24H26F3N5O2. The average Bonchev–Trinajstić information content (AvgIpc) is 3.20. The van der Waals surface area contributed by atoms with E-state index in [2.05, 4.69) is 20.5 Å². The molecule has 1 aromatic carbocycles. The van der Waals surface area contributed by atoms with Crippen molar-refractivity contribution in [1.29, 1.82) is 0 Å². The summed E-state index contributed by atoms with van der Waals surface area (Å²) in [5, 5.41) is 20.0. The molecule has 1 saturated heterocycles. The number of carbonyl (C=O) groups is 1. The summed E-state index contributed by atoms with van der Waals surface area (Å²) in [5.74, 6) is -2.55. The van der Waals surface area contributed by atoms with Crippen LogP contribution in [0.5, 0.6) is 0 Å². The van der Waals surface area contributed by atoms with E-state index in [4.69, 9.17) is 0 Å². The van der Waals surface area contributed by atoms with Crippen LogP contribution < -0.4 is 5.32 Å². The minimum absolute atomic E-state index is 0.0523. The van der Waals surface area contributed by atoms with Crippen molar-refractivity contribution < 1.29 is 23.1 Å². The number of nitrogens with one attached hydrogen (secondary N) is 2. The highest BCUT2D eigenvalue weighted by molar-refractivity contribution is 5.75. The first-order chi connectivity index (χ1) is 16.2. The predicted octanol–water partition coefficient (Wildman–Crippen LogP) is 4.57. The number of H-pyrrole nitrogens is 1. The van der Waals surface area contributed by atoms with Crippen molar-refractivity contribution in [1.82, 2.24) is 20.1 Å². The fourth-order valence-electron chi connectivity index (χ4n) is 4.54. The van der Waals surface area contributed by atoms with Crippen molar-refractivity contribution in [2.75, 3.05) is 11.9 Å². The van der Waals surface area contributed by atoms with E-state index in [1.165, 1.54) is 24.3 Å². The molecular weight excluding hydrogens is 447 g/mol. The standard InChI is InChI=1S/C24H26F3N5O2/c1-14-10-21(31-30-14)29-20-7-6-17(25)19(28-20)12-24(23(33)34)8-9-32(15(2)11-24)13-16-4-3-5-18(26)22(16)27/h3-7,10,15H,8-9,11-13H2,1-2H3,(H,33,34)(H2,28,29,30,31)/t15-,24-/m1/s1. The van der Waals surface area contributed by atoms with Gasteiger partial charge >= 0.3 is 5.97 Å². The van der Waals surface area contributed by atoms with Gasteiger partial charge in [-0.05, 0) is 51.4 Å². The lowest BCUT2D eigenvalue weighted by Gasteiger charge is -2.43. The molecule has 0 bridgehead atoms. The molecule has 2 atom stereocenters. The van der Waals surface area contributed by atoms with Crippen molar-refractivity contribution in [3.8, 4) is 0 Å². The zero-order valence-corrected chi connectivity index (χ0v) is 18.9. The summed E-state index contributed by atoms with van der Waals surface area (Å²) in [7, 11) is 0. The second-order valence-electron chi connectivity index (χ2n) is 8.94. The zero-order chi connectivity index (χ0) is 24.5. The Kier molecular flexibility index (Phi) is 6.60. The van der Waals surface area contributed by atoms with E-state index in [9.17, 15) is 23.1 Å². The summed E-state index contributed by atoms with van der Waals surface area (Å²) in [6.07, 6.45) is 0.355. The summed E-state index contributed by atoms with van der Waals surface area (Å²) in [4.78, 5) is 18.6. The number of aromatic nitrogens is 3. The lowest BCUT2D eigenvalue weighted by Crippen LogP contribution is -2.50. The molecule has 1 aliphatic heterocycles. The number of aromatic amines is 1. The molecule has 2 aromatic heterocycles. The molecule has 0 radical (unpaired) electrons. The second kappa shape index (κ2) is 9.46. The van der Waals surface area contributed by atoms with Crippen molar-refractivity contribution in [2.24, 2.45) is 5.41 Å². The van der Waals surface area contributed by atoms with E-state index >= 15 is 0 Å². The molecule has 0 unspecified atom stereocenters. The van der Waals surface area contributed by atoms with Crippen LogP contribution in [0.4, 0.5) is 24.8 Å². The molecule has 3 N–H and O–H groups in total. The number of aryl methyl sites for hydroxylation is 1. The molecule has 3 heterocycles. The third-order valence-electron chi connectivity index (χ3n) is 6.43. The first-order valence-corrected chi connectivity index (χ1v) is 11.0. The highest BCUT2D eigenvalue weighted by atomic mass is 19.2. The number of benzene rings is 1. The first kappa shape index (κ1) is 23.7. The number of pyridine rings is 1. The lowest BCUT2D eigenvalue weighted by molar-refractivity contribution is -0.153. The number of hydrogen-bond donors (Lipinski definition) is 3. The number of piperidine rings is 1. The lowest BCUT2D eigenvalue weighted by atomic mass is 9.72. The monoisotopic (exact) mass is 473 g/mol. The van der Waals surface area contributed by atoms with Gasteiger partial charge in [-0.15, -0.1) is 0 Å². The molecule has 180 valence electrons. The Balaban J connectivity index is 1.52. The molecule has 4 rings (SSSR count). The van der Waals surface area contributed by atoms with Gasteiger partial charge in [-0.2, -0.15) is 5.10 Å². The predicted molar refractivity (Wildman–Crippen MR) is 120 cm³/mol. The number of halogens is 3. The van der Waals surface area contributed by atoms with Gasteiger partial charge in [0, 0.05) is 36.3 Å². The van der Waals surface area contributed by atoms with Gasteiger partial charge in [0.25, 0.3) is 0 Å². The molecule has 1 fully saturated rings. The molecule has 0 spiro atoms. The number of likely N-dealkylation sites (tertiary alicyclic amines) is 1. The fourth-order valence-corrected chi connectivity index (χ4v) is 4.54. The second-order valence-corrected chi connectivity index (χ2v) is 8.94. The number of anilines is 2. The Morgan fingerprint density at radius 3 is 2.71 bits per heavy atom. The van der Waals surface area contributed by atoms with Crippen molar-refractivity contribution >= 4 is 17.6 Å². The summed E-state index contributed by atoms with van der Waals surface area (Å²) in [6, 6.07) is 8.27. The topological polar surface area (TPSA) is 94.1 Å². The van der Waals surface area contributed by atoms with E-state index in [1.54, 1.807) is 6.07 Å². The maximum atomic E-state index is 14.7. The van der Waals surface area contributed by atoms with Crippen LogP contribution >= 0.6 is 0 Å². The smallest absolute Gasteiger partial charge is 0.310 e. The number of hydrogen-bond acceptors (Lipinski definition) is 5. The SMILES string of the molecule is Cc1cc(Nc2ccc(F)c(C[C@@]3(C(=O)O)CCN(Cc4cccc(F)c4F)[C@H](C)C3)n2)n[nH]1. The Labute approximate surface area is 195 Å². The van der Waals surface area contributed by atoms with Gasteiger partial charge in [-0.25, -0.2) is 18.2 Å². The zero-order valence-electron chi connectivity index (χ0n) is 18.9. The number of nitrogens with zero attached hydrogens (tertiary/aromatic N) is 3. The van der Waals surface area contributed by atoms with E-state index in [0.29, 0.717) is 18.2 Å². The van der Waals surface area contributed by atoms with Gasteiger partial charge < -0.3 is 10.4 Å². The molecule has 34 heavy (non-hydrogen) atoms. The Hall–Kier alpha value is -3.40. The van der Waals surface area contributed by atoms with E-state index in [0.717, 1.165) is 11.8 Å².